The van der Waals surface area contributed by atoms with E-state index in [-0.39, 0.29) is 11.7 Å². The highest BCUT2D eigenvalue weighted by Crippen LogP contribution is 2.36. The van der Waals surface area contributed by atoms with E-state index in [1.807, 2.05) is 25.1 Å². The number of ether oxygens (including phenoxy) is 4. The van der Waals surface area contributed by atoms with Crippen LogP contribution in [-0.2, 0) is 43.1 Å². The molecule has 2 aliphatic rings. The van der Waals surface area contributed by atoms with Gasteiger partial charge in [0, 0.05) is 54.8 Å². The predicted octanol–water partition coefficient (Wildman–Crippen LogP) is 4.30. The molecule has 0 bridgehead atoms. The molecule has 2 aliphatic heterocycles. The van der Waals surface area contributed by atoms with Gasteiger partial charge in [-0.15, -0.1) is 0 Å². The summed E-state index contributed by atoms with van der Waals surface area (Å²) in [5.41, 5.74) is 3.43. The molecule has 0 unspecified atom stereocenters. The summed E-state index contributed by atoms with van der Waals surface area (Å²) in [7, 11) is -3.62. The van der Waals surface area contributed by atoms with Gasteiger partial charge in [-0.05, 0) is 43.7 Å². The van der Waals surface area contributed by atoms with Crippen LogP contribution in [0.25, 0.3) is 11.0 Å². The Labute approximate surface area is 226 Å². The van der Waals surface area contributed by atoms with Gasteiger partial charge in [-0.3, -0.25) is 0 Å². The number of fused-ring (bicyclic) bond motifs is 2. The lowest BCUT2D eigenvalue weighted by Gasteiger charge is -2.26. The number of aryl methyl sites for hydroxylation is 1. The highest BCUT2D eigenvalue weighted by molar-refractivity contribution is 7.98. The number of sulfonamides is 1. The lowest BCUT2D eigenvalue weighted by Crippen LogP contribution is -2.40. The Bertz CT molecular complexity index is 1360. The molecule has 1 saturated heterocycles. The van der Waals surface area contributed by atoms with Crippen molar-refractivity contribution in [3.63, 3.8) is 0 Å². The van der Waals surface area contributed by atoms with Crippen molar-refractivity contribution < 1.29 is 27.4 Å². The third kappa shape index (κ3) is 5.93. The lowest BCUT2D eigenvalue weighted by atomic mass is 10.1. The Morgan fingerprint density at radius 1 is 1.16 bits per heavy atom. The van der Waals surface area contributed by atoms with Crippen LogP contribution in [0.15, 0.2) is 40.4 Å². The van der Waals surface area contributed by atoms with Crippen molar-refractivity contribution in [1.82, 2.24) is 13.9 Å². The van der Waals surface area contributed by atoms with Crippen molar-refractivity contribution in [1.29, 1.82) is 0 Å². The van der Waals surface area contributed by atoms with Crippen molar-refractivity contribution in [3.05, 3.63) is 46.5 Å². The van der Waals surface area contributed by atoms with Crippen LogP contribution in [0.2, 0.25) is 5.02 Å². The van der Waals surface area contributed by atoms with Crippen LogP contribution in [-0.4, -0.2) is 68.6 Å². The van der Waals surface area contributed by atoms with Gasteiger partial charge in [0.25, 0.3) is 0 Å². The SMILES string of the molecule is CCOCCCn1c(SCc2cc(Cl)cc3c2OCOC3)nc2cc(S(=O)(=O)N3CCOCC3)ccc21. The van der Waals surface area contributed by atoms with Gasteiger partial charge in [0.2, 0.25) is 10.0 Å². The molecule has 3 aromatic rings. The third-order valence-electron chi connectivity index (χ3n) is 6.28. The van der Waals surface area contributed by atoms with E-state index in [1.54, 1.807) is 23.9 Å². The second-order valence-electron chi connectivity index (χ2n) is 8.72. The summed E-state index contributed by atoms with van der Waals surface area (Å²) in [6.45, 7) is 6.16. The molecule has 37 heavy (non-hydrogen) atoms. The zero-order valence-corrected chi connectivity index (χ0v) is 23.0. The fourth-order valence-corrected chi connectivity index (χ4v) is 7.18. The molecule has 0 N–H and O–H groups in total. The number of benzene rings is 2. The first-order chi connectivity index (χ1) is 18.0. The number of imidazole rings is 1. The summed E-state index contributed by atoms with van der Waals surface area (Å²) in [4.78, 5) is 5.10. The second kappa shape index (κ2) is 11.9. The number of rotatable bonds is 10. The molecule has 5 rings (SSSR count). The van der Waals surface area contributed by atoms with Gasteiger partial charge < -0.3 is 23.5 Å². The minimum Gasteiger partial charge on any atom is -0.467 e. The normalized spacial score (nSPS) is 16.6. The van der Waals surface area contributed by atoms with Gasteiger partial charge in [-0.25, -0.2) is 13.4 Å². The number of aromatic nitrogens is 2. The monoisotopic (exact) mass is 567 g/mol. The van der Waals surface area contributed by atoms with Crippen LogP contribution in [0.4, 0.5) is 0 Å². The topological polar surface area (TPSA) is 92.1 Å². The highest BCUT2D eigenvalue weighted by atomic mass is 35.5. The molecule has 0 amide bonds. The van der Waals surface area contributed by atoms with E-state index in [9.17, 15) is 8.42 Å². The summed E-state index contributed by atoms with van der Waals surface area (Å²) < 4.78 is 52.1. The number of hydrogen-bond donors (Lipinski definition) is 0. The van der Waals surface area contributed by atoms with Crippen molar-refractivity contribution >= 4 is 44.4 Å². The standard InChI is InChI=1S/C25H30ClN3O6S2/c1-2-32-9-3-6-29-23-5-4-21(37(30,31)28-7-10-33-11-8-28)14-22(23)27-25(29)36-16-19-13-20(26)12-18-15-34-17-35-24(18)19/h4-5,12-14H,2-3,6-11,15-17H2,1H3. The van der Waals surface area contributed by atoms with Crippen LogP contribution in [0, 0.1) is 0 Å². The molecule has 1 fully saturated rings. The van der Waals surface area contributed by atoms with E-state index < -0.39 is 10.0 Å². The molecule has 200 valence electrons. The molecule has 9 nitrogen and oxygen atoms in total. The smallest absolute Gasteiger partial charge is 0.243 e. The number of hydrogen-bond acceptors (Lipinski definition) is 8. The van der Waals surface area contributed by atoms with E-state index in [0.717, 1.165) is 34.0 Å². The van der Waals surface area contributed by atoms with Gasteiger partial charge in [0.05, 0.1) is 35.7 Å². The van der Waals surface area contributed by atoms with Crippen LogP contribution < -0.4 is 4.74 Å². The highest BCUT2D eigenvalue weighted by Gasteiger charge is 2.27. The summed E-state index contributed by atoms with van der Waals surface area (Å²) in [6, 6.07) is 8.97. The Hall–Kier alpha value is -1.86. The molecular formula is C25H30ClN3O6S2. The summed E-state index contributed by atoms with van der Waals surface area (Å²) >= 11 is 7.93. The van der Waals surface area contributed by atoms with Crippen molar-refractivity contribution in [2.75, 3.05) is 46.3 Å². The first kappa shape index (κ1) is 26.7. The molecule has 3 heterocycles. The summed E-state index contributed by atoms with van der Waals surface area (Å²) in [6.07, 6.45) is 0.813. The Morgan fingerprint density at radius 2 is 2.00 bits per heavy atom. The Kier molecular flexibility index (Phi) is 8.60. The zero-order valence-electron chi connectivity index (χ0n) is 20.7. The molecule has 2 aromatic carbocycles. The van der Waals surface area contributed by atoms with Gasteiger partial charge in [0.15, 0.2) is 11.9 Å². The average molecular weight is 568 g/mol. The fraction of sp³-hybridized carbons (Fsp3) is 0.480. The van der Waals surface area contributed by atoms with Crippen molar-refractivity contribution in [2.45, 2.75) is 42.3 Å². The first-order valence-electron chi connectivity index (χ1n) is 12.3. The maximum Gasteiger partial charge on any atom is 0.243 e. The van der Waals surface area contributed by atoms with E-state index in [4.69, 9.17) is 35.5 Å². The average Bonchev–Trinajstić information content (AvgIpc) is 3.26. The minimum absolute atomic E-state index is 0.211. The largest absolute Gasteiger partial charge is 0.467 e. The quantitative estimate of drug-likeness (QED) is 0.264. The first-order valence-corrected chi connectivity index (χ1v) is 15.1. The molecule has 0 saturated carbocycles. The zero-order chi connectivity index (χ0) is 25.8. The third-order valence-corrected chi connectivity index (χ3v) is 9.41. The van der Waals surface area contributed by atoms with Gasteiger partial charge >= 0.3 is 0 Å². The number of thioether (sulfide) groups is 1. The second-order valence-corrected chi connectivity index (χ2v) is 12.0. The number of morpholine rings is 1. The van der Waals surface area contributed by atoms with E-state index in [0.29, 0.717) is 69.0 Å². The molecular weight excluding hydrogens is 538 g/mol. The molecule has 0 aliphatic carbocycles. The number of nitrogens with zero attached hydrogens (tertiary/aromatic N) is 3. The molecule has 0 atom stereocenters. The predicted molar refractivity (Wildman–Crippen MR) is 142 cm³/mol. The van der Waals surface area contributed by atoms with E-state index in [2.05, 4.69) is 4.57 Å². The van der Waals surface area contributed by atoms with E-state index >= 15 is 0 Å². The van der Waals surface area contributed by atoms with Gasteiger partial charge in [-0.2, -0.15) is 4.31 Å². The Morgan fingerprint density at radius 3 is 2.81 bits per heavy atom. The number of halogens is 1. The Balaban J connectivity index is 1.45. The van der Waals surface area contributed by atoms with E-state index in [1.165, 1.54) is 4.31 Å². The maximum absolute atomic E-state index is 13.2. The van der Waals surface area contributed by atoms with Gasteiger partial charge in [-0.1, -0.05) is 23.4 Å². The van der Waals surface area contributed by atoms with Crippen molar-refractivity contribution in [2.24, 2.45) is 0 Å². The van der Waals surface area contributed by atoms with Crippen LogP contribution >= 0.6 is 23.4 Å². The summed E-state index contributed by atoms with van der Waals surface area (Å²) in [5.74, 6) is 1.40. The fourth-order valence-electron chi connectivity index (χ4n) is 4.49. The van der Waals surface area contributed by atoms with Gasteiger partial charge in [0.1, 0.15) is 5.75 Å². The molecule has 1 aromatic heterocycles. The van der Waals surface area contributed by atoms with Crippen molar-refractivity contribution in [3.8, 4) is 5.75 Å². The summed E-state index contributed by atoms with van der Waals surface area (Å²) in [5, 5.41) is 1.43. The lowest BCUT2D eigenvalue weighted by molar-refractivity contribution is -0.0168. The van der Waals surface area contributed by atoms with Crippen LogP contribution in [0.3, 0.4) is 0 Å². The molecule has 0 spiro atoms. The molecule has 12 heteroatoms. The van der Waals surface area contributed by atoms with Crippen LogP contribution in [0.5, 0.6) is 5.75 Å². The van der Waals surface area contributed by atoms with Crippen LogP contribution in [0.1, 0.15) is 24.5 Å². The maximum atomic E-state index is 13.2. The molecule has 0 radical (unpaired) electrons. The minimum atomic E-state index is -3.62.